The molecule has 36 heavy (non-hydrogen) atoms. The number of nitrogens with zero attached hydrogens (tertiary/aromatic N) is 5. The molecular formula is C25H15N9S2. The molecule has 172 valence electrons. The summed E-state index contributed by atoms with van der Waals surface area (Å²) in [5, 5.41) is 7.29. The van der Waals surface area contributed by atoms with Gasteiger partial charge in [-0.3, -0.25) is 0 Å². The largest absolute Gasteiger partial charge is 0.366 e. The third-order valence-electron chi connectivity index (χ3n) is 6.11. The highest BCUT2D eigenvalue weighted by Gasteiger charge is 2.13. The molecule has 6 heterocycles. The van der Waals surface area contributed by atoms with Crippen LogP contribution in [0.25, 0.3) is 51.6 Å². The first-order valence-electron chi connectivity index (χ1n) is 11.2. The molecule has 0 atom stereocenters. The van der Waals surface area contributed by atoms with Gasteiger partial charge in [-0.2, -0.15) is 4.99 Å². The minimum absolute atomic E-state index is 0.510. The molecule has 8 rings (SSSR count). The average Bonchev–Trinajstić information content (AvgIpc) is 3.68. The van der Waals surface area contributed by atoms with Crippen LogP contribution in [0.1, 0.15) is 0 Å². The van der Waals surface area contributed by atoms with E-state index in [0.29, 0.717) is 23.2 Å². The molecular weight excluding hydrogens is 490 g/mol. The van der Waals surface area contributed by atoms with Gasteiger partial charge in [0, 0.05) is 43.3 Å². The molecule has 4 N–H and O–H groups in total. The summed E-state index contributed by atoms with van der Waals surface area (Å²) >= 11 is 3.30. The fourth-order valence-corrected chi connectivity index (χ4v) is 6.55. The van der Waals surface area contributed by atoms with Gasteiger partial charge in [0.25, 0.3) is 0 Å². The maximum Gasteiger partial charge on any atom is 0.230 e. The smallest absolute Gasteiger partial charge is 0.230 e. The summed E-state index contributed by atoms with van der Waals surface area (Å²) in [6, 6.07) is 16.5. The quantitative estimate of drug-likeness (QED) is 0.230. The van der Waals surface area contributed by atoms with Gasteiger partial charge in [0.1, 0.15) is 21.8 Å². The molecule has 0 unspecified atom stereocenters. The van der Waals surface area contributed by atoms with Crippen LogP contribution in [0, 0.1) is 0 Å². The van der Waals surface area contributed by atoms with Crippen LogP contribution in [0.15, 0.2) is 72.2 Å². The summed E-state index contributed by atoms with van der Waals surface area (Å²) in [6.45, 7) is 0. The SMILES string of the molecule is c1ccc2c(c1)sc1nc(/N=c3\ncnc(Nc4nc5sc6ccccc6c5[nH]4)c4c[nH]cc34)[nH]c12. The van der Waals surface area contributed by atoms with Gasteiger partial charge in [-0.15, -0.1) is 22.7 Å². The van der Waals surface area contributed by atoms with E-state index in [2.05, 4.69) is 59.5 Å². The summed E-state index contributed by atoms with van der Waals surface area (Å²) in [5.74, 6) is 1.76. The predicted octanol–water partition coefficient (Wildman–Crippen LogP) is 6.12. The highest BCUT2D eigenvalue weighted by atomic mass is 32.1. The third-order valence-corrected chi connectivity index (χ3v) is 8.24. The second-order valence-corrected chi connectivity index (χ2v) is 10.3. The summed E-state index contributed by atoms with van der Waals surface area (Å²) in [5.41, 5.74) is 2.53. The van der Waals surface area contributed by atoms with Crippen LogP contribution in [-0.2, 0) is 0 Å². The molecule has 0 radical (unpaired) electrons. The number of H-pyrrole nitrogens is 3. The van der Waals surface area contributed by atoms with E-state index in [1.165, 1.54) is 15.7 Å². The lowest BCUT2D eigenvalue weighted by atomic mass is 10.2. The number of hydrogen-bond acceptors (Lipinski definition) is 8. The molecule has 6 aromatic heterocycles. The number of aromatic amines is 3. The monoisotopic (exact) mass is 505 g/mol. The average molecular weight is 506 g/mol. The number of fused-ring (bicyclic) bond motifs is 7. The van der Waals surface area contributed by atoms with E-state index in [1.54, 1.807) is 22.7 Å². The van der Waals surface area contributed by atoms with Crippen molar-refractivity contribution in [3.8, 4) is 0 Å². The van der Waals surface area contributed by atoms with Crippen molar-refractivity contribution in [3.63, 3.8) is 0 Å². The van der Waals surface area contributed by atoms with E-state index in [-0.39, 0.29) is 0 Å². The lowest BCUT2D eigenvalue weighted by molar-refractivity contribution is 1.10. The van der Waals surface area contributed by atoms with E-state index in [9.17, 15) is 0 Å². The van der Waals surface area contributed by atoms with Crippen molar-refractivity contribution < 1.29 is 0 Å². The number of rotatable bonds is 3. The maximum atomic E-state index is 4.73. The summed E-state index contributed by atoms with van der Waals surface area (Å²) < 4.78 is 2.40. The van der Waals surface area contributed by atoms with Crippen LogP contribution in [0.4, 0.5) is 17.7 Å². The van der Waals surface area contributed by atoms with E-state index < -0.39 is 0 Å². The van der Waals surface area contributed by atoms with Crippen molar-refractivity contribution in [2.45, 2.75) is 0 Å². The van der Waals surface area contributed by atoms with Crippen LogP contribution in [0.5, 0.6) is 0 Å². The Labute approximate surface area is 209 Å². The first-order chi connectivity index (χ1) is 17.8. The molecule has 0 aliphatic rings. The van der Waals surface area contributed by atoms with Gasteiger partial charge in [-0.1, -0.05) is 36.4 Å². The molecule has 0 spiro atoms. The molecule has 0 saturated carbocycles. The topological polar surface area (TPSA) is 123 Å². The molecule has 0 aliphatic heterocycles. The Morgan fingerprint density at radius 2 is 1.42 bits per heavy atom. The molecule has 0 amide bonds. The molecule has 9 nitrogen and oxygen atoms in total. The van der Waals surface area contributed by atoms with Crippen molar-refractivity contribution in [1.29, 1.82) is 0 Å². The van der Waals surface area contributed by atoms with Crippen LogP contribution >= 0.6 is 22.7 Å². The van der Waals surface area contributed by atoms with Gasteiger partial charge in [-0.05, 0) is 12.1 Å². The Morgan fingerprint density at radius 1 is 0.722 bits per heavy atom. The van der Waals surface area contributed by atoms with Crippen LogP contribution < -0.4 is 10.8 Å². The zero-order valence-electron chi connectivity index (χ0n) is 18.4. The lowest BCUT2D eigenvalue weighted by Gasteiger charge is -2.00. The zero-order valence-corrected chi connectivity index (χ0v) is 20.0. The van der Waals surface area contributed by atoms with E-state index in [1.807, 2.05) is 36.7 Å². The second kappa shape index (κ2) is 7.44. The molecule has 0 aliphatic carbocycles. The summed E-state index contributed by atoms with van der Waals surface area (Å²) in [6.07, 6.45) is 5.24. The van der Waals surface area contributed by atoms with Gasteiger partial charge >= 0.3 is 0 Å². The maximum absolute atomic E-state index is 4.73. The Morgan fingerprint density at radius 3 is 2.22 bits per heavy atom. The van der Waals surface area contributed by atoms with Gasteiger partial charge in [-0.25, -0.2) is 19.9 Å². The second-order valence-electron chi connectivity index (χ2n) is 8.27. The van der Waals surface area contributed by atoms with E-state index in [4.69, 9.17) is 9.98 Å². The van der Waals surface area contributed by atoms with Crippen molar-refractivity contribution in [2.24, 2.45) is 4.99 Å². The lowest BCUT2D eigenvalue weighted by Crippen LogP contribution is -2.03. The Balaban J connectivity index is 1.22. The molecule has 0 bridgehead atoms. The number of thiophene rings is 2. The van der Waals surface area contributed by atoms with E-state index in [0.717, 1.165) is 42.2 Å². The molecule has 11 heteroatoms. The number of aromatic nitrogens is 7. The fourth-order valence-electron chi connectivity index (χ4n) is 4.49. The number of nitrogens with one attached hydrogen (secondary N) is 4. The minimum Gasteiger partial charge on any atom is -0.366 e. The molecule has 2 aromatic carbocycles. The first-order valence-corrected chi connectivity index (χ1v) is 12.8. The van der Waals surface area contributed by atoms with Crippen molar-refractivity contribution >= 4 is 92.0 Å². The Hall–Kier alpha value is -4.61. The third kappa shape index (κ3) is 2.96. The van der Waals surface area contributed by atoms with Gasteiger partial charge < -0.3 is 20.3 Å². The standard InChI is InChI=1S/C25H15N9S2/c1-3-7-16-12(5-1)18-22(35-16)33-24(29-18)31-20-14-9-26-10-15(14)21(28-11-27-20)32-25-30-19-13-6-2-4-8-17(13)36-23(19)34-25/h1-11,26H,(H3,27,28,29,30,31,32,33,34). The summed E-state index contributed by atoms with van der Waals surface area (Å²) in [4.78, 5) is 35.0. The molecule has 0 saturated heterocycles. The first kappa shape index (κ1) is 19.7. The highest BCUT2D eigenvalue weighted by Crippen LogP contribution is 2.34. The number of benzene rings is 2. The fraction of sp³-hybridized carbons (Fsp3) is 0. The molecule has 0 fully saturated rings. The molecule has 8 aromatic rings. The predicted molar refractivity (Wildman–Crippen MR) is 145 cm³/mol. The van der Waals surface area contributed by atoms with E-state index >= 15 is 0 Å². The number of hydrogen-bond donors (Lipinski definition) is 4. The van der Waals surface area contributed by atoms with Crippen LogP contribution in [-0.4, -0.2) is 34.9 Å². The van der Waals surface area contributed by atoms with Gasteiger partial charge in [0.05, 0.1) is 11.0 Å². The number of imidazole rings is 2. The Bertz CT molecular complexity index is 2160. The normalized spacial score (nSPS) is 12.6. The van der Waals surface area contributed by atoms with Crippen molar-refractivity contribution in [3.05, 3.63) is 72.7 Å². The van der Waals surface area contributed by atoms with Gasteiger partial charge in [0.15, 0.2) is 5.49 Å². The van der Waals surface area contributed by atoms with Crippen LogP contribution in [0.3, 0.4) is 0 Å². The van der Waals surface area contributed by atoms with Gasteiger partial charge in [0.2, 0.25) is 11.9 Å². The van der Waals surface area contributed by atoms with Crippen LogP contribution in [0.2, 0.25) is 0 Å². The van der Waals surface area contributed by atoms with Crippen molar-refractivity contribution in [1.82, 2.24) is 34.9 Å². The highest BCUT2D eigenvalue weighted by molar-refractivity contribution is 7.25. The minimum atomic E-state index is 0.510. The van der Waals surface area contributed by atoms with Crippen molar-refractivity contribution in [2.75, 3.05) is 5.32 Å². The summed E-state index contributed by atoms with van der Waals surface area (Å²) in [7, 11) is 0. The zero-order chi connectivity index (χ0) is 23.6. The number of anilines is 2. The Kier molecular flexibility index (Phi) is 4.07.